The van der Waals surface area contributed by atoms with Crippen LogP contribution in [0.25, 0.3) is 6.08 Å². The number of piperazine rings is 1. The van der Waals surface area contributed by atoms with Crippen molar-refractivity contribution >= 4 is 33.6 Å². The summed E-state index contributed by atoms with van der Waals surface area (Å²) in [6, 6.07) is 12.6. The lowest BCUT2D eigenvalue weighted by atomic mass is 10.1. The van der Waals surface area contributed by atoms with Gasteiger partial charge in [0.05, 0.1) is 24.0 Å². The highest BCUT2D eigenvalue weighted by molar-refractivity contribution is 7.88. The lowest BCUT2D eigenvalue weighted by molar-refractivity contribution is -0.127. The van der Waals surface area contributed by atoms with Gasteiger partial charge in [0.25, 0.3) is 0 Å². The number of ether oxygens (including phenoxy) is 2. The summed E-state index contributed by atoms with van der Waals surface area (Å²) in [6.45, 7) is 2.35. The van der Waals surface area contributed by atoms with E-state index < -0.39 is 10.0 Å². The number of hydrogen-bond donors (Lipinski definition) is 0. The van der Waals surface area contributed by atoms with Crippen LogP contribution in [0.1, 0.15) is 17.5 Å². The maximum atomic E-state index is 12.7. The zero-order valence-electron chi connectivity index (χ0n) is 17.6. The third-order valence-corrected chi connectivity index (χ3v) is 7.51. The fourth-order valence-corrected chi connectivity index (χ4v) is 5.47. The molecular weight excluding hydrogens is 452 g/mol. The second-order valence-corrected chi connectivity index (χ2v) is 10.1. The summed E-state index contributed by atoms with van der Waals surface area (Å²) < 4.78 is 38.1. The molecule has 0 aliphatic carbocycles. The summed E-state index contributed by atoms with van der Waals surface area (Å²) in [6.07, 6.45) is 3.94. The maximum absolute atomic E-state index is 12.7. The Morgan fingerprint density at radius 3 is 2.50 bits per heavy atom. The molecule has 0 aromatic heterocycles. The number of nitrogens with zero attached hydrogens (tertiary/aromatic N) is 2. The van der Waals surface area contributed by atoms with Gasteiger partial charge in [0.15, 0.2) is 11.5 Å². The number of carbonyl (C=O) groups excluding carboxylic acids is 1. The van der Waals surface area contributed by atoms with Crippen molar-refractivity contribution < 1.29 is 22.7 Å². The van der Waals surface area contributed by atoms with Crippen molar-refractivity contribution in [3.63, 3.8) is 0 Å². The Balaban J connectivity index is 1.35. The Morgan fingerprint density at radius 1 is 1.03 bits per heavy atom. The van der Waals surface area contributed by atoms with Crippen LogP contribution in [0.4, 0.5) is 0 Å². The van der Waals surface area contributed by atoms with Gasteiger partial charge in [-0.3, -0.25) is 4.79 Å². The zero-order chi connectivity index (χ0) is 22.6. The van der Waals surface area contributed by atoms with Crippen molar-refractivity contribution in [1.29, 1.82) is 0 Å². The van der Waals surface area contributed by atoms with Crippen LogP contribution in [0.2, 0.25) is 5.02 Å². The number of rotatable bonds is 5. The van der Waals surface area contributed by atoms with Crippen LogP contribution in [-0.4, -0.2) is 62.9 Å². The zero-order valence-corrected chi connectivity index (χ0v) is 19.1. The SMILES string of the molecule is O=C(C=Cc1cc(Cl)c2c(c1)OCCCO2)N1CCN(S(=O)(=O)Cc2ccccc2)CC1. The maximum Gasteiger partial charge on any atom is 0.246 e. The van der Waals surface area contributed by atoms with Crippen LogP contribution < -0.4 is 9.47 Å². The topological polar surface area (TPSA) is 76.2 Å². The van der Waals surface area contributed by atoms with Gasteiger partial charge in [0.1, 0.15) is 0 Å². The van der Waals surface area contributed by atoms with Gasteiger partial charge in [0.2, 0.25) is 15.9 Å². The third kappa shape index (κ3) is 5.43. The van der Waals surface area contributed by atoms with E-state index >= 15 is 0 Å². The second kappa shape index (κ2) is 9.94. The highest BCUT2D eigenvalue weighted by atomic mass is 35.5. The first-order valence-electron chi connectivity index (χ1n) is 10.5. The van der Waals surface area contributed by atoms with Crippen molar-refractivity contribution in [2.45, 2.75) is 12.2 Å². The second-order valence-electron chi connectivity index (χ2n) is 7.68. The standard InChI is InChI=1S/C23H25ClN2O5S/c24-20-15-19(16-21-23(20)31-14-4-13-30-21)7-8-22(27)25-9-11-26(12-10-25)32(28,29)17-18-5-2-1-3-6-18/h1-3,5-8,15-16H,4,9-14,17H2. The Morgan fingerprint density at radius 2 is 1.75 bits per heavy atom. The van der Waals surface area contributed by atoms with E-state index in [9.17, 15) is 13.2 Å². The highest BCUT2D eigenvalue weighted by Gasteiger charge is 2.28. The molecule has 9 heteroatoms. The molecule has 2 aliphatic heterocycles. The number of sulfonamides is 1. The van der Waals surface area contributed by atoms with Crippen molar-refractivity contribution in [2.24, 2.45) is 0 Å². The van der Waals surface area contributed by atoms with Crippen molar-refractivity contribution in [2.75, 3.05) is 39.4 Å². The normalized spacial score (nSPS) is 17.3. The van der Waals surface area contributed by atoms with Gasteiger partial charge in [-0.15, -0.1) is 0 Å². The first-order valence-corrected chi connectivity index (χ1v) is 12.5. The van der Waals surface area contributed by atoms with Crippen molar-refractivity contribution in [3.8, 4) is 11.5 Å². The highest BCUT2D eigenvalue weighted by Crippen LogP contribution is 2.38. The smallest absolute Gasteiger partial charge is 0.246 e. The molecule has 1 amide bonds. The molecule has 1 saturated heterocycles. The largest absolute Gasteiger partial charge is 0.489 e. The lowest BCUT2D eigenvalue weighted by Gasteiger charge is -2.33. The van der Waals surface area contributed by atoms with Gasteiger partial charge in [-0.1, -0.05) is 41.9 Å². The quantitative estimate of drug-likeness (QED) is 0.619. The average molecular weight is 477 g/mol. The summed E-state index contributed by atoms with van der Waals surface area (Å²) in [5, 5.41) is 0.439. The molecule has 0 unspecified atom stereocenters. The lowest BCUT2D eigenvalue weighted by Crippen LogP contribution is -2.50. The first kappa shape index (κ1) is 22.6. The Hall–Kier alpha value is -2.55. The van der Waals surface area contributed by atoms with Gasteiger partial charge < -0.3 is 14.4 Å². The van der Waals surface area contributed by atoms with Crippen molar-refractivity contribution in [1.82, 2.24) is 9.21 Å². The van der Waals surface area contributed by atoms with Gasteiger partial charge in [-0.25, -0.2) is 8.42 Å². The predicted octanol–water partition coefficient (Wildman–Crippen LogP) is 3.19. The fraction of sp³-hybridized carbons (Fsp3) is 0.348. The molecule has 0 saturated carbocycles. The number of benzene rings is 2. The molecule has 0 bridgehead atoms. The summed E-state index contributed by atoms with van der Waals surface area (Å²) >= 11 is 6.30. The molecule has 4 rings (SSSR count). The van der Waals surface area contributed by atoms with Gasteiger partial charge >= 0.3 is 0 Å². The summed E-state index contributed by atoms with van der Waals surface area (Å²) in [7, 11) is -3.42. The molecule has 2 aliphatic rings. The van der Waals surface area contributed by atoms with E-state index in [1.807, 2.05) is 18.2 Å². The van der Waals surface area contributed by atoms with Crippen LogP contribution in [0.3, 0.4) is 0 Å². The number of halogens is 1. The fourth-order valence-electron chi connectivity index (χ4n) is 3.68. The number of hydrogen-bond acceptors (Lipinski definition) is 5. The molecule has 1 fully saturated rings. The van der Waals surface area contributed by atoms with E-state index in [0.717, 1.165) is 17.5 Å². The van der Waals surface area contributed by atoms with Gasteiger partial charge in [-0.05, 0) is 29.3 Å². The molecule has 32 heavy (non-hydrogen) atoms. The molecule has 7 nitrogen and oxygen atoms in total. The minimum atomic E-state index is -3.42. The molecule has 2 heterocycles. The summed E-state index contributed by atoms with van der Waals surface area (Å²) in [5.74, 6) is 0.889. The Bertz CT molecular complexity index is 1100. The van der Waals surface area contributed by atoms with E-state index in [0.29, 0.717) is 42.8 Å². The van der Waals surface area contributed by atoms with Crippen LogP contribution in [0.5, 0.6) is 11.5 Å². The van der Waals surface area contributed by atoms with E-state index in [1.165, 1.54) is 10.4 Å². The van der Waals surface area contributed by atoms with Gasteiger partial charge in [-0.2, -0.15) is 4.31 Å². The number of carbonyl (C=O) groups is 1. The van der Waals surface area contributed by atoms with Crippen LogP contribution in [-0.2, 0) is 20.6 Å². The van der Waals surface area contributed by atoms with E-state index in [4.69, 9.17) is 21.1 Å². The Labute approximate surface area is 193 Å². The van der Waals surface area contributed by atoms with Crippen molar-refractivity contribution in [3.05, 3.63) is 64.7 Å². The average Bonchev–Trinajstić information content (AvgIpc) is 3.04. The number of fused-ring (bicyclic) bond motifs is 1. The summed E-state index contributed by atoms with van der Waals surface area (Å²) in [4.78, 5) is 14.3. The first-order chi connectivity index (χ1) is 15.4. The molecule has 170 valence electrons. The summed E-state index contributed by atoms with van der Waals surface area (Å²) in [5.41, 5.74) is 1.49. The molecule has 0 atom stereocenters. The monoisotopic (exact) mass is 476 g/mol. The predicted molar refractivity (Wildman–Crippen MR) is 123 cm³/mol. The van der Waals surface area contributed by atoms with Crippen LogP contribution >= 0.6 is 11.6 Å². The molecule has 2 aromatic rings. The molecule has 2 aromatic carbocycles. The van der Waals surface area contributed by atoms with E-state index in [-0.39, 0.29) is 24.7 Å². The van der Waals surface area contributed by atoms with Crippen LogP contribution in [0.15, 0.2) is 48.5 Å². The Kier molecular flexibility index (Phi) is 7.03. The molecule has 0 N–H and O–H groups in total. The van der Waals surface area contributed by atoms with Gasteiger partial charge in [0, 0.05) is 38.7 Å². The van der Waals surface area contributed by atoms with Crippen LogP contribution in [0, 0.1) is 0 Å². The molecule has 0 spiro atoms. The third-order valence-electron chi connectivity index (χ3n) is 5.38. The minimum Gasteiger partial charge on any atom is -0.489 e. The van der Waals surface area contributed by atoms with E-state index in [1.54, 1.807) is 35.2 Å². The minimum absolute atomic E-state index is 0.0352. The molecule has 0 radical (unpaired) electrons. The molecular formula is C23H25ClN2O5S. The number of amides is 1. The van der Waals surface area contributed by atoms with E-state index in [2.05, 4.69) is 0 Å².